The lowest BCUT2D eigenvalue weighted by atomic mass is 10.0. The van der Waals surface area contributed by atoms with E-state index in [2.05, 4.69) is 18.4 Å². The van der Waals surface area contributed by atoms with Crippen LogP contribution in [0.25, 0.3) is 11.1 Å². The number of rotatable bonds is 10. The number of amides is 1. The van der Waals surface area contributed by atoms with Gasteiger partial charge in [-0.3, -0.25) is 4.79 Å². The zero-order valence-electron chi connectivity index (χ0n) is 19.1. The fourth-order valence-electron chi connectivity index (χ4n) is 2.90. The highest BCUT2D eigenvalue weighted by Gasteiger charge is 2.20. The zero-order chi connectivity index (χ0) is 23.0. The van der Waals surface area contributed by atoms with Crippen molar-refractivity contribution in [3.05, 3.63) is 40.1 Å². The number of hydrogen-bond donors (Lipinski definition) is 1. The fourth-order valence-corrected chi connectivity index (χ4v) is 3.84. The molecule has 7 heteroatoms. The number of unbranched alkanes of at least 4 members (excludes halogenated alkanes) is 1. The molecule has 0 aliphatic carbocycles. The highest BCUT2D eigenvalue weighted by Crippen LogP contribution is 2.35. The van der Waals surface area contributed by atoms with E-state index in [9.17, 15) is 9.59 Å². The molecule has 0 saturated heterocycles. The van der Waals surface area contributed by atoms with Gasteiger partial charge < -0.3 is 19.5 Å². The molecule has 6 nitrogen and oxygen atoms in total. The summed E-state index contributed by atoms with van der Waals surface area (Å²) in [4.78, 5) is 25.7. The average molecular weight is 448 g/mol. The number of aryl methyl sites for hydroxylation is 1. The summed E-state index contributed by atoms with van der Waals surface area (Å²) in [6, 6.07) is 7.94. The Labute approximate surface area is 188 Å². The topological polar surface area (TPSA) is 76.1 Å². The predicted molar refractivity (Wildman–Crippen MR) is 124 cm³/mol. The van der Waals surface area contributed by atoms with E-state index < -0.39 is 11.6 Å². The van der Waals surface area contributed by atoms with Crippen LogP contribution in [0.15, 0.2) is 29.6 Å². The van der Waals surface area contributed by atoms with Crippen LogP contribution in [0.5, 0.6) is 5.75 Å². The third kappa shape index (κ3) is 8.25. The van der Waals surface area contributed by atoms with Gasteiger partial charge in [0.15, 0.2) is 0 Å². The Kier molecular flexibility index (Phi) is 8.92. The molecule has 1 N–H and O–H groups in total. The van der Waals surface area contributed by atoms with Crippen molar-refractivity contribution in [2.24, 2.45) is 0 Å². The van der Waals surface area contributed by atoms with E-state index in [-0.39, 0.29) is 12.5 Å². The van der Waals surface area contributed by atoms with E-state index in [1.807, 2.05) is 39.0 Å². The van der Waals surface area contributed by atoms with Gasteiger partial charge in [0.2, 0.25) is 0 Å². The normalized spacial score (nSPS) is 11.3. The second kappa shape index (κ2) is 11.2. The molecule has 0 saturated carbocycles. The maximum absolute atomic E-state index is 12.2. The van der Waals surface area contributed by atoms with Gasteiger partial charge in [0, 0.05) is 23.9 Å². The number of carbonyl (C=O) groups is 2. The Hall–Kier alpha value is -2.54. The number of ether oxygens (including phenoxy) is 2. The molecule has 1 aromatic heterocycles. The molecule has 0 bridgehead atoms. The Bertz CT molecular complexity index is 884. The largest absolute Gasteiger partial charge is 0.493 e. The van der Waals surface area contributed by atoms with Crippen molar-refractivity contribution in [3.63, 3.8) is 0 Å². The first-order valence-electron chi connectivity index (χ1n) is 10.6. The zero-order valence-corrected chi connectivity index (χ0v) is 19.9. The van der Waals surface area contributed by atoms with E-state index in [1.165, 1.54) is 0 Å². The summed E-state index contributed by atoms with van der Waals surface area (Å²) < 4.78 is 11.5. The fraction of sp³-hybridized carbons (Fsp3) is 0.500. The Morgan fingerprint density at radius 1 is 1.19 bits per heavy atom. The summed E-state index contributed by atoms with van der Waals surface area (Å²) in [7, 11) is 1.73. The van der Waals surface area contributed by atoms with E-state index in [1.54, 1.807) is 23.3 Å². The monoisotopic (exact) mass is 447 g/mol. The van der Waals surface area contributed by atoms with Crippen LogP contribution in [-0.2, 0) is 22.5 Å². The van der Waals surface area contributed by atoms with Crippen LogP contribution in [-0.4, -0.2) is 41.3 Å². The second-order valence-corrected chi connectivity index (χ2v) is 9.56. The van der Waals surface area contributed by atoms with Crippen molar-refractivity contribution in [2.75, 3.05) is 13.7 Å². The quantitative estimate of drug-likeness (QED) is 0.454. The number of nitrogens with zero attached hydrogens (tertiary/aromatic N) is 1. The van der Waals surface area contributed by atoms with Crippen molar-refractivity contribution in [1.29, 1.82) is 0 Å². The molecule has 0 radical (unpaired) electrons. The van der Waals surface area contributed by atoms with E-state index >= 15 is 0 Å². The highest BCUT2D eigenvalue weighted by atomic mass is 32.1. The van der Waals surface area contributed by atoms with Gasteiger partial charge in [0.25, 0.3) is 0 Å². The molecule has 0 spiro atoms. The van der Waals surface area contributed by atoms with Crippen LogP contribution in [0.3, 0.4) is 0 Å². The van der Waals surface area contributed by atoms with Crippen molar-refractivity contribution < 1.29 is 24.2 Å². The Morgan fingerprint density at radius 2 is 1.94 bits per heavy atom. The molecule has 2 rings (SSSR count). The minimum absolute atomic E-state index is 0.0906. The van der Waals surface area contributed by atoms with Gasteiger partial charge in [-0.05, 0) is 62.3 Å². The molecular weight excluding hydrogens is 414 g/mol. The summed E-state index contributed by atoms with van der Waals surface area (Å²) in [5.74, 6) is -0.0460. The number of aliphatic carboxylic acids is 1. The summed E-state index contributed by atoms with van der Waals surface area (Å²) >= 11 is 1.58. The number of carbonyl (C=O) groups excluding carboxylic acids is 1. The van der Waals surface area contributed by atoms with Gasteiger partial charge in [-0.2, -0.15) is 0 Å². The summed E-state index contributed by atoms with van der Waals surface area (Å²) in [6.07, 6.45) is 2.19. The highest BCUT2D eigenvalue weighted by molar-refractivity contribution is 7.10. The summed E-state index contributed by atoms with van der Waals surface area (Å²) in [6.45, 7) is 8.74. The number of carboxylic acid groups (broad SMARTS) is 1. The van der Waals surface area contributed by atoms with Crippen LogP contribution >= 0.6 is 11.3 Å². The van der Waals surface area contributed by atoms with Gasteiger partial charge in [0.05, 0.1) is 13.2 Å². The maximum atomic E-state index is 12.2. The molecule has 1 heterocycles. The first kappa shape index (κ1) is 24.7. The van der Waals surface area contributed by atoms with Crippen molar-refractivity contribution in [2.45, 2.75) is 65.5 Å². The molecule has 1 amide bonds. The third-order valence-corrected chi connectivity index (χ3v) is 5.41. The first-order chi connectivity index (χ1) is 14.6. The standard InChI is InChI=1S/C24H33NO5S/c1-6-7-12-29-21-13-17(9-11-22(26)27)8-10-20(21)18-14-19(31-16-18)15-25(5)23(28)30-24(2,3)4/h8,10,13-14,16H,6-7,9,11-12,15H2,1-5H3,(H,26,27). The van der Waals surface area contributed by atoms with Crippen LogP contribution in [0, 0.1) is 0 Å². The number of hydrogen-bond acceptors (Lipinski definition) is 5. The Balaban J connectivity index is 2.18. The number of benzene rings is 1. The Morgan fingerprint density at radius 3 is 2.58 bits per heavy atom. The molecule has 1 aromatic carbocycles. The lowest BCUT2D eigenvalue weighted by molar-refractivity contribution is -0.136. The van der Waals surface area contributed by atoms with Gasteiger partial charge in [-0.1, -0.05) is 25.5 Å². The smallest absolute Gasteiger partial charge is 0.410 e. The molecule has 0 atom stereocenters. The molecule has 0 aliphatic rings. The molecule has 2 aromatic rings. The molecule has 0 unspecified atom stereocenters. The molecule has 31 heavy (non-hydrogen) atoms. The lowest BCUT2D eigenvalue weighted by Crippen LogP contribution is -2.33. The minimum atomic E-state index is -0.811. The van der Waals surface area contributed by atoms with E-state index in [0.29, 0.717) is 19.6 Å². The van der Waals surface area contributed by atoms with Crippen LogP contribution in [0.2, 0.25) is 0 Å². The van der Waals surface area contributed by atoms with Gasteiger partial charge >= 0.3 is 12.1 Å². The molecule has 0 fully saturated rings. The van der Waals surface area contributed by atoms with Gasteiger partial charge in [-0.15, -0.1) is 11.3 Å². The van der Waals surface area contributed by atoms with Crippen LogP contribution in [0.4, 0.5) is 4.79 Å². The number of thiophene rings is 1. The van der Waals surface area contributed by atoms with Crippen molar-refractivity contribution in [3.8, 4) is 16.9 Å². The first-order valence-corrected chi connectivity index (χ1v) is 11.5. The van der Waals surface area contributed by atoms with Gasteiger partial charge in [-0.25, -0.2) is 4.79 Å². The minimum Gasteiger partial charge on any atom is -0.493 e. The second-order valence-electron chi connectivity index (χ2n) is 8.56. The van der Waals surface area contributed by atoms with Gasteiger partial charge in [0.1, 0.15) is 11.4 Å². The molecule has 0 aliphatic heterocycles. The molecular formula is C24H33NO5S. The third-order valence-electron chi connectivity index (χ3n) is 4.49. The van der Waals surface area contributed by atoms with Crippen molar-refractivity contribution >= 4 is 23.4 Å². The van der Waals surface area contributed by atoms with Crippen molar-refractivity contribution in [1.82, 2.24) is 4.90 Å². The van der Waals surface area contributed by atoms with E-state index in [4.69, 9.17) is 14.6 Å². The number of carboxylic acids is 1. The van der Waals surface area contributed by atoms with Crippen LogP contribution < -0.4 is 4.74 Å². The summed E-state index contributed by atoms with van der Waals surface area (Å²) in [5.41, 5.74) is 2.41. The molecule has 170 valence electrons. The predicted octanol–water partition coefficient (Wildman–Crippen LogP) is 5.98. The SMILES string of the molecule is CCCCOc1cc(CCC(=O)O)ccc1-c1csc(CN(C)C(=O)OC(C)(C)C)c1. The average Bonchev–Trinajstić information content (AvgIpc) is 3.13. The van der Waals surface area contributed by atoms with E-state index in [0.717, 1.165) is 40.2 Å². The summed E-state index contributed by atoms with van der Waals surface area (Å²) in [5, 5.41) is 11.0. The maximum Gasteiger partial charge on any atom is 0.410 e. The lowest BCUT2D eigenvalue weighted by Gasteiger charge is -2.24. The van der Waals surface area contributed by atoms with Crippen LogP contribution in [0.1, 0.15) is 57.4 Å².